The molecule has 3 aliphatic rings. The molecule has 0 atom stereocenters. The number of morpholine rings is 1. The van der Waals surface area contributed by atoms with E-state index in [1.54, 1.807) is 6.33 Å². The lowest BCUT2D eigenvalue weighted by atomic mass is 9.82. The van der Waals surface area contributed by atoms with Crippen LogP contribution in [0.5, 0.6) is 0 Å². The zero-order chi connectivity index (χ0) is 17.3. The molecule has 1 aromatic heterocycles. The van der Waals surface area contributed by atoms with Crippen molar-refractivity contribution in [3.05, 3.63) is 35.8 Å². The van der Waals surface area contributed by atoms with E-state index in [0.717, 1.165) is 56.1 Å². The Morgan fingerprint density at radius 1 is 0.962 bits per heavy atom. The van der Waals surface area contributed by atoms with E-state index in [9.17, 15) is 0 Å². The van der Waals surface area contributed by atoms with Crippen LogP contribution in [-0.4, -0.2) is 47.2 Å². The van der Waals surface area contributed by atoms with Gasteiger partial charge in [0.25, 0.3) is 0 Å². The molecule has 5 rings (SSSR count). The van der Waals surface area contributed by atoms with E-state index < -0.39 is 0 Å². The summed E-state index contributed by atoms with van der Waals surface area (Å²) in [5.74, 6) is 1.56. The molecule has 2 aliphatic carbocycles. The van der Waals surface area contributed by atoms with Gasteiger partial charge in [-0.3, -0.25) is 4.90 Å². The molecule has 2 saturated carbocycles. The lowest BCUT2D eigenvalue weighted by Crippen LogP contribution is -2.45. The van der Waals surface area contributed by atoms with E-state index in [2.05, 4.69) is 28.1 Å². The van der Waals surface area contributed by atoms with Gasteiger partial charge in [0.2, 0.25) is 0 Å². The lowest BCUT2D eigenvalue weighted by Gasteiger charge is -2.38. The first-order valence-electron chi connectivity index (χ1n) is 10.4. The SMILES string of the molecule is c1nc(CC2CCC(N3CCOCC3)CC2)c2cc(C3CC3)ccc2n1. The van der Waals surface area contributed by atoms with Crippen molar-refractivity contribution in [3.63, 3.8) is 0 Å². The molecule has 2 heterocycles. The zero-order valence-corrected chi connectivity index (χ0v) is 15.6. The zero-order valence-electron chi connectivity index (χ0n) is 15.6. The molecule has 0 amide bonds. The van der Waals surface area contributed by atoms with E-state index in [1.165, 1.54) is 55.2 Å². The monoisotopic (exact) mass is 351 g/mol. The summed E-state index contributed by atoms with van der Waals surface area (Å²) in [5.41, 5.74) is 3.87. The van der Waals surface area contributed by atoms with Crippen LogP contribution in [0.1, 0.15) is 55.7 Å². The standard InChI is InChI=1S/C22H29N3O/c1-6-19(25-9-11-26-12-10-25)7-2-16(1)13-22-20-14-18(17-3-4-17)5-8-21(20)23-15-24-22/h5,8,14-17,19H,1-4,6-7,9-13H2. The summed E-state index contributed by atoms with van der Waals surface area (Å²) < 4.78 is 5.51. The minimum atomic E-state index is 0.773. The second-order valence-corrected chi connectivity index (χ2v) is 8.40. The van der Waals surface area contributed by atoms with Crippen molar-refractivity contribution < 1.29 is 4.74 Å². The molecule has 1 aliphatic heterocycles. The summed E-state index contributed by atoms with van der Waals surface area (Å²) in [6.07, 6.45) is 10.9. The molecule has 3 fully saturated rings. The summed E-state index contributed by atoms with van der Waals surface area (Å²) in [6, 6.07) is 7.62. The van der Waals surface area contributed by atoms with Crippen molar-refractivity contribution in [1.29, 1.82) is 0 Å². The maximum absolute atomic E-state index is 5.51. The van der Waals surface area contributed by atoms with Gasteiger partial charge in [-0.1, -0.05) is 6.07 Å². The van der Waals surface area contributed by atoms with Crippen LogP contribution in [0.3, 0.4) is 0 Å². The summed E-state index contributed by atoms with van der Waals surface area (Å²) in [6.45, 7) is 4.07. The Hall–Kier alpha value is -1.52. The van der Waals surface area contributed by atoms with Crippen molar-refractivity contribution in [2.45, 2.75) is 56.9 Å². The van der Waals surface area contributed by atoms with Crippen molar-refractivity contribution in [2.75, 3.05) is 26.3 Å². The van der Waals surface area contributed by atoms with Crippen molar-refractivity contribution >= 4 is 10.9 Å². The van der Waals surface area contributed by atoms with Gasteiger partial charge in [-0.2, -0.15) is 0 Å². The second kappa shape index (κ2) is 7.24. The van der Waals surface area contributed by atoms with Crippen LogP contribution in [0.15, 0.2) is 24.5 Å². The van der Waals surface area contributed by atoms with Gasteiger partial charge < -0.3 is 4.74 Å². The molecule has 1 saturated heterocycles. The third-order valence-electron chi connectivity index (χ3n) is 6.65. The Bertz CT molecular complexity index is 759. The third-order valence-corrected chi connectivity index (χ3v) is 6.65. The van der Waals surface area contributed by atoms with Crippen LogP contribution in [0, 0.1) is 5.92 Å². The maximum Gasteiger partial charge on any atom is 0.116 e. The van der Waals surface area contributed by atoms with Gasteiger partial charge in [-0.05, 0) is 74.5 Å². The molecule has 0 radical (unpaired) electrons. The first-order valence-corrected chi connectivity index (χ1v) is 10.4. The lowest BCUT2D eigenvalue weighted by molar-refractivity contribution is 0.00494. The number of aromatic nitrogens is 2. The predicted molar refractivity (Wildman–Crippen MR) is 103 cm³/mol. The van der Waals surface area contributed by atoms with E-state index >= 15 is 0 Å². The minimum absolute atomic E-state index is 0.773. The second-order valence-electron chi connectivity index (χ2n) is 8.40. The van der Waals surface area contributed by atoms with Crippen LogP contribution in [-0.2, 0) is 11.2 Å². The first-order chi connectivity index (χ1) is 12.9. The Labute approximate surface area is 156 Å². The Balaban J connectivity index is 1.27. The number of hydrogen-bond acceptors (Lipinski definition) is 4. The first kappa shape index (κ1) is 16.6. The molecule has 0 unspecified atom stereocenters. The molecule has 4 nitrogen and oxygen atoms in total. The number of fused-ring (bicyclic) bond motifs is 1. The van der Waals surface area contributed by atoms with Crippen LogP contribution in [0.2, 0.25) is 0 Å². The summed E-state index contributed by atoms with van der Waals surface area (Å²) in [5, 5.41) is 1.30. The fraction of sp³-hybridized carbons (Fsp3) is 0.636. The summed E-state index contributed by atoms with van der Waals surface area (Å²) in [4.78, 5) is 11.8. The molecule has 138 valence electrons. The molecule has 4 heteroatoms. The number of rotatable bonds is 4. The van der Waals surface area contributed by atoms with Crippen LogP contribution >= 0.6 is 0 Å². The average Bonchev–Trinajstić information content (AvgIpc) is 3.55. The van der Waals surface area contributed by atoms with E-state index in [0.29, 0.717) is 0 Å². The van der Waals surface area contributed by atoms with Crippen LogP contribution in [0.25, 0.3) is 10.9 Å². The van der Waals surface area contributed by atoms with Gasteiger partial charge in [0.05, 0.1) is 24.4 Å². The Morgan fingerprint density at radius 3 is 2.54 bits per heavy atom. The van der Waals surface area contributed by atoms with Gasteiger partial charge in [0.15, 0.2) is 0 Å². The predicted octanol–water partition coefficient (Wildman–Crippen LogP) is 3.94. The molecule has 0 N–H and O–H groups in total. The van der Waals surface area contributed by atoms with Crippen molar-refractivity contribution in [2.24, 2.45) is 5.92 Å². The van der Waals surface area contributed by atoms with Gasteiger partial charge in [-0.15, -0.1) is 0 Å². The van der Waals surface area contributed by atoms with Crippen LogP contribution < -0.4 is 0 Å². The third kappa shape index (κ3) is 3.49. The fourth-order valence-electron chi connectivity index (χ4n) is 4.89. The number of nitrogens with zero attached hydrogens (tertiary/aromatic N) is 3. The molecule has 26 heavy (non-hydrogen) atoms. The smallest absolute Gasteiger partial charge is 0.116 e. The number of benzene rings is 1. The van der Waals surface area contributed by atoms with E-state index in [4.69, 9.17) is 9.72 Å². The van der Waals surface area contributed by atoms with Crippen molar-refractivity contribution in [1.82, 2.24) is 14.9 Å². The summed E-state index contributed by atoms with van der Waals surface area (Å²) >= 11 is 0. The number of ether oxygens (including phenoxy) is 1. The molecular formula is C22H29N3O. The maximum atomic E-state index is 5.51. The Kier molecular flexibility index (Phi) is 4.63. The average molecular weight is 351 g/mol. The molecule has 0 bridgehead atoms. The highest BCUT2D eigenvalue weighted by Gasteiger charge is 2.28. The highest BCUT2D eigenvalue weighted by atomic mass is 16.5. The quantitative estimate of drug-likeness (QED) is 0.836. The van der Waals surface area contributed by atoms with E-state index in [1.807, 2.05) is 0 Å². The number of hydrogen-bond donors (Lipinski definition) is 0. The largest absolute Gasteiger partial charge is 0.379 e. The fourth-order valence-corrected chi connectivity index (χ4v) is 4.89. The van der Waals surface area contributed by atoms with Gasteiger partial charge >= 0.3 is 0 Å². The van der Waals surface area contributed by atoms with Gasteiger partial charge in [-0.25, -0.2) is 9.97 Å². The molecule has 1 aromatic carbocycles. The topological polar surface area (TPSA) is 38.2 Å². The minimum Gasteiger partial charge on any atom is -0.379 e. The highest BCUT2D eigenvalue weighted by Crippen LogP contribution is 2.41. The summed E-state index contributed by atoms with van der Waals surface area (Å²) in [7, 11) is 0. The van der Waals surface area contributed by atoms with Gasteiger partial charge in [0, 0.05) is 24.5 Å². The molecular weight excluding hydrogens is 322 g/mol. The Morgan fingerprint density at radius 2 is 1.77 bits per heavy atom. The molecule has 2 aromatic rings. The van der Waals surface area contributed by atoms with Crippen LogP contribution in [0.4, 0.5) is 0 Å². The van der Waals surface area contributed by atoms with Crippen molar-refractivity contribution in [3.8, 4) is 0 Å². The van der Waals surface area contributed by atoms with E-state index in [-0.39, 0.29) is 0 Å². The normalized spacial score (nSPS) is 27.7. The van der Waals surface area contributed by atoms with Gasteiger partial charge in [0.1, 0.15) is 6.33 Å². The highest BCUT2D eigenvalue weighted by molar-refractivity contribution is 5.81. The molecule has 0 spiro atoms.